The van der Waals surface area contributed by atoms with Crippen molar-refractivity contribution in [3.8, 4) is 17.2 Å². The van der Waals surface area contributed by atoms with Gasteiger partial charge in [0.15, 0.2) is 11.5 Å². The minimum absolute atomic E-state index is 0.0343. The van der Waals surface area contributed by atoms with Crippen LogP contribution in [0.1, 0.15) is 31.2 Å². The van der Waals surface area contributed by atoms with E-state index >= 15 is 0 Å². The fourth-order valence-corrected chi connectivity index (χ4v) is 3.91. The number of methoxy groups -OCH3 is 3. The van der Waals surface area contributed by atoms with Crippen LogP contribution in [0, 0.1) is 0 Å². The van der Waals surface area contributed by atoms with E-state index in [2.05, 4.69) is 5.32 Å². The third kappa shape index (κ3) is 4.65. The molecule has 2 aliphatic rings. The van der Waals surface area contributed by atoms with Crippen molar-refractivity contribution in [3.05, 3.63) is 17.7 Å². The van der Waals surface area contributed by atoms with Gasteiger partial charge in [-0.15, -0.1) is 0 Å². The summed E-state index contributed by atoms with van der Waals surface area (Å²) in [5.41, 5.74) is 0.915. The van der Waals surface area contributed by atoms with Crippen molar-refractivity contribution in [2.45, 2.75) is 50.4 Å². The number of nitrogens with one attached hydrogen (secondary N) is 1. The molecular weight excluding hydrogens is 350 g/mol. The Labute approximate surface area is 160 Å². The zero-order valence-electron chi connectivity index (χ0n) is 16.3. The molecule has 7 nitrogen and oxygen atoms in total. The Kier molecular flexibility index (Phi) is 6.79. The molecule has 1 amide bonds. The lowest BCUT2D eigenvalue weighted by atomic mass is 9.89. The van der Waals surface area contributed by atoms with Crippen molar-refractivity contribution in [3.63, 3.8) is 0 Å². The Morgan fingerprint density at radius 2 is 1.78 bits per heavy atom. The van der Waals surface area contributed by atoms with Gasteiger partial charge in [0.25, 0.3) is 0 Å². The monoisotopic (exact) mass is 379 g/mol. The second-order valence-electron chi connectivity index (χ2n) is 6.89. The molecule has 1 aromatic carbocycles. The second kappa shape index (κ2) is 9.28. The van der Waals surface area contributed by atoms with Crippen LogP contribution in [-0.4, -0.2) is 58.7 Å². The molecule has 150 valence electrons. The molecule has 1 heterocycles. The number of amides is 1. The predicted molar refractivity (Wildman–Crippen MR) is 99.7 cm³/mol. The summed E-state index contributed by atoms with van der Waals surface area (Å²) in [6, 6.07) is 3.88. The first-order chi connectivity index (χ1) is 13.2. The van der Waals surface area contributed by atoms with Crippen molar-refractivity contribution >= 4 is 5.91 Å². The first-order valence-electron chi connectivity index (χ1n) is 9.46. The summed E-state index contributed by atoms with van der Waals surface area (Å²) in [5, 5.41) is 3.14. The van der Waals surface area contributed by atoms with Crippen LogP contribution < -0.4 is 19.5 Å². The number of hydrogen-bond donors (Lipinski definition) is 1. The smallest absolute Gasteiger partial charge is 0.220 e. The Morgan fingerprint density at radius 3 is 2.48 bits per heavy atom. The van der Waals surface area contributed by atoms with Gasteiger partial charge >= 0.3 is 0 Å². The minimum atomic E-state index is 0.0343. The molecule has 1 aliphatic carbocycles. The quantitative estimate of drug-likeness (QED) is 0.782. The van der Waals surface area contributed by atoms with Crippen LogP contribution in [0.5, 0.6) is 17.2 Å². The number of hydrogen-bond acceptors (Lipinski definition) is 6. The van der Waals surface area contributed by atoms with Crippen molar-refractivity contribution in [1.29, 1.82) is 0 Å². The molecule has 1 N–H and O–H groups in total. The van der Waals surface area contributed by atoms with Crippen molar-refractivity contribution in [2.75, 3.05) is 34.5 Å². The van der Waals surface area contributed by atoms with Gasteiger partial charge < -0.3 is 29.0 Å². The highest BCUT2D eigenvalue weighted by molar-refractivity contribution is 5.76. The minimum Gasteiger partial charge on any atom is -0.493 e. The lowest BCUT2D eigenvalue weighted by Crippen LogP contribution is -2.49. The maximum Gasteiger partial charge on any atom is 0.220 e. The molecule has 0 bridgehead atoms. The first-order valence-corrected chi connectivity index (χ1v) is 9.46. The Bertz CT molecular complexity index is 650. The van der Waals surface area contributed by atoms with Gasteiger partial charge in [-0.3, -0.25) is 4.79 Å². The number of fused-ring (bicyclic) bond motifs is 1. The van der Waals surface area contributed by atoms with Gasteiger partial charge in [-0.25, -0.2) is 0 Å². The molecule has 1 aromatic rings. The normalized spacial score (nSPS) is 24.6. The maximum atomic E-state index is 12.4. The lowest BCUT2D eigenvalue weighted by molar-refractivity contribution is -0.158. The lowest BCUT2D eigenvalue weighted by Gasteiger charge is -2.39. The molecule has 3 atom stereocenters. The molecule has 0 spiro atoms. The molecule has 3 rings (SSSR count). The largest absolute Gasteiger partial charge is 0.493 e. The van der Waals surface area contributed by atoms with E-state index in [1.807, 2.05) is 12.1 Å². The molecule has 1 saturated heterocycles. The van der Waals surface area contributed by atoms with Crippen molar-refractivity contribution in [2.24, 2.45) is 0 Å². The van der Waals surface area contributed by atoms with Crippen molar-refractivity contribution < 1.29 is 28.5 Å². The third-order valence-electron chi connectivity index (χ3n) is 5.25. The van der Waals surface area contributed by atoms with E-state index in [-0.39, 0.29) is 24.2 Å². The van der Waals surface area contributed by atoms with E-state index in [1.165, 1.54) is 0 Å². The molecule has 1 aliphatic heterocycles. The summed E-state index contributed by atoms with van der Waals surface area (Å²) in [5.74, 6) is 1.80. The van der Waals surface area contributed by atoms with Gasteiger partial charge in [0, 0.05) is 12.5 Å². The predicted octanol–water partition coefficient (Wildman–Crippen LogP) is 2.10. The Balaban J connectivity index is 1.55. The molecular formula is C20H29NO6. The van der Waals surface area contributed by atoms with Crippen LogP contribution in [0.3, 0.4) is 0 Å². The summed E-state index contributed by atoms with van der Waals surface area (Å²) < 4.78 is 27.7. The summed E-state index contributed by atoms with van der Waals surface area (Å²) in [6.07, 6.45) is 3.90. The summed E-state index contributed by atoms with van der Waals surface area (Å²) >= 11 is 0. The number of ether oxygens (including phenoxy) is 5. The highest BCUT2D eigenvalue weighted by atomic mass is 16.6. The molecule has 1 saturated carbocycles. The van der Waals surface area contributed by atoms with Gasteiger partial charge in [-0.1, -0.05) is 6.07 Å². The van der Waals surface area contributed by atoms with E-state index in [1.54, 1.807) is 21.3 Å². The van der Waals surface area contributed by atoms with Gasteiger partial charge in [0.1, 0.15) is 0 Å². The third-order valence-corrected chi connectivity index (χ3v) is 5.25. The molecule has 0 aromatic heterocycles. The summed E-state index contributed by atoms with van der Waals surface area (Å²) in [4.78, 5) is 12.4. The number of aryl methyl sites for hydroxylation is 1. The molecule has 0 radical (unpaired) electrons. The average Bonchev–Trinajstić information content (AvgIpc) is 2.71. The molecule has 7 heteroatoms. The number of rotatable bonds is 7. The second-order valence-corrected chi connectivity index (χ2v) is 6.89. The van der Waals surface area contributed by atoms with Crippen LogP contribution >= 0.6 is 0 Å². The fourth-order valence-electron chi connectivity index (χ4n) is 3.91. The maximum absolute atomic E-state index is 12.4. The molecule has 2 fully saturated rings. The van der Waals surface area contributed by atoms with Crippen molar-refractivity contribution in [1.82, 2.24) is 5.32 Å². The number of carbonyl (C=O) groups is 1. The van der Waals surface area contributed by atoms with E-state index in [0.717, 1.165) is 24.8 Å². The number of carbonyl (C=O) groups excluding carboxylic acids is 1. The van der Waals surface area contributed by atoms with E-state index < -0.39 is 0 Å². The van der Waals surface area contributed by atoms with Crippen LogP contribution in [0.2, 0.25) is 0 Å². The molecule has 27 heavy (non-hydrogen) atoms. The van der Waals surface area contributed by atoms with E-state index in [9.17, 15) is 4.79 Å². The van der Waals surface area contributed by atoms with Crippen LogP contribution in [0.4, 0.5) is 0 Å². The zero-order valence-corrected chi connectivity index (χ0v) is 16.3. The van der Waals surface area contributed by atoms with Gasteiger partial charge in [-0.05, 0) is 37.3 Å². The van der Waals surface area contributed by atoms with E-state index in [4.69, 9.17) is 23.7 Å². The Hall–Kier alpha value is -1.99. The summed E-state index contributed by atoms with van der Waals surface area (Å²) in [6.45, 7) is 1.31. The Morgan fingerprint density at radius 1 is 1.04 bits per heavy atom. The van der Waals surface area contributed by atoms with Gasteiger partial charge in [-0.2, -0.15) is 0 Å². The first kappa shape index (κ1) is 19.8. The van der Waals surface area contributed by atoms with Gasteiger partial charge in [0.05, 0.1) is 46.8 Å². The highest BCUT2D eigenvalue weighted by Gasteiger charge is 2.34. The number of benzene rings is 1. The molecule has 3 unspecified atom stereocenters. The van der Waals surface area contributed by atoms with Gasteiger partial charge in [0.2, 0.25) is 11.7 Å². The fraction of sp³-hybridized carbons (Fsp3) is 0.650. The van der Waals surface area contributed by atoms with Crippen LogP contribution in [0.15, 0.2) is 12.1 Å². The van der Waals surface area contributed by atoms with E-state index in [0.29, 0.717) is 43.3 Å². The topological polar surface area (TPSA) is 75.3 Å². The summed E-state index contributed by atoms with van der Waals surface area (Å²) in [7, 11) is 4.75. The standard InChI is InChI=1S/C20H29NO6/c1-23-16-7-4-13(19(24-2)20(16)25-3)5-9-18(22)21-14-6-8-15-17(12-14)27-11-10-26-15/h4,7,14-15,17H,5-6,8-12H2,1-3H3,(H,21,22). The average molecular weight is 379 g/mol. The highest BCUT2D eigenvalue weighted by Crippen LogP contribution is 2.40. The van der Waals surface area contributed by atoms with Crippen LogP contribution in [0.25, 0.3) is 0 Å². The van der Waals surface area contributed by atoms with Crippen LogP contribution in [-0.2, 0) is 20.7 Å². The zero-order chi connectivity index (χ0) is 19.2. The SMILES string of the molecule is COc1ccc(CCC(=O)NC2CCC3OCCOC3C2)c(OC)c1OC.